The third kappa shape index (κ3) is 6.34. The molecule has 0 saturated heterocycles. The summed E-state index contributed by atoms with van der Waals surface area (Å²) in [7, 11) is 1.97. The van der Waals surface area contributed by atoms with Gasteiger partial charge in [0.1, 0.15) is 12.4 Å². The maximum Gasteiger partial charge on any atom is 0.192 e. The molecule has 1 saturated carbocycles. The first kappa shape index (κ1) is 20.3. The number of aromatic nitrogens is 3. The molecule has 1 fully saturated rings. The highest BCUT2D eigenvalue weighted by Gasteiger charge is 2.15. The van der Waals surface area contributed by atoms with Crippen LogP contribution in [0, 0.1) is 6.92 Å². The van der Waals surface area contributed by atoms with Crippen molar-refractivity contribution in [1.29, 1.82) is 0 Å². The van der Waals surface area contributed by atoms with E-state index in [1.807, 2.05) is 36.7 Å². The molecule has 0 bridgehead atoms. The van der Waals surface area contributed by atoms with E-state index in [1.54, 1.807) is 0 Å². The molecule has 0 radical (unpaired) electrons. The first-order valence-corrected chi connectivity index (χ1v) is 10.2. The van der Waals surface area contributed by atoms with Gasteiger partial charge in [0.2, 0.25) is 0 Å². The van der Waals surface area contributed by atoms with E-state index in [0.717, 1.165) is 17.6 Å². The molecule has 1 aromatic heterocycles. The van der Waals surface area contributed by atoms with E-state index in [0.29, 0.717) is 32.3 Å². The lowest BCUT2D eigenvalue weighted by molar-refractivity contribution is 0.125. The van der Waals surface area contributed by atoms with Gasteiger partial charge in [-0.15, -0.1) is 10.2 Å². The number of guanidine groups is 1. The summed E-state index contributed by atoms with van der Waals surface area (Å²) in [5, 5.41) is 15.3. The summed E-state index contributed by atoms with van der Waals surface area (Å²) in [4.78, 5) is 4.73. The molecule has 0 unspecified atom stereocenters. The van der Waals surface area contributed by atoms with E-state index in [2.05, 4.69) is 33.0 Å². The Labute approximate surface area is 167 Å². The van der Waals surface area contributed by atoms with Crippen LogP contribution >= 0.6 is 0 Å². The van der Waals surface area contributed by atoms with Crippen LogP contribution in [0.4, 0.5) is 0 Å². The Morgan fingerprint density at radius 2 is 1.96 bits per heavy atom. The van der Waals surface area contributed by atoms with Crippen LogP contribution in [0.1, 0.15) is 49.3 Å². The van der Waals surface area contributed by atoms with Crippen molar-refractivity contribution >= 4 is 5.96 Å². The summed E-state index contributed by atoms with van der Waals surface area (Å²) < 4.78 is 7.75. The second kappa shape index (κ2) is 10.8. The van der Waals surface area contributed by atoms with Crippen molar-refractivity contribution in [1.82, 2.24) is 25.4 Å². The molecule has 2 aromatic rings. The van der Waals surface area contributed by atoms with Gasteiger partial charge in [0, 0.05) is 19.6 Å². The fourth-order valence-corrected chi connectivity index (χ4v) is 3.34. The van der Waals surface area contributed by atoms with Gasteiger partial charge in [0.15, 0.2) is 11.8 Å². The molecule has 2 N–H and O–H groups in total. The lowest BCUT2D eigenvalue weighted by atomic mass is 9.96. The van der Waals surface area contributed by atoms with Crippen LogP contribution < -0.4 is 10.6 Å². The van der Waals surface area contributed by atoms with Crippen molar-refractivity contribution in [2.75, 3.05) is 13.2 Å². The topological polar surface area (TPSA) is 76.4 Å². The molecule has 152 valence electrons. The first-order valence-electron chi connectivity index (χ1n) is 10.2. The van der Waals surface area contributed by atoms with Crippen LogP contribution in [-0.4, -0.2) is 39.9 Å². The molecule has 0 aliphatic heterocycles. The van der Waals surface area contributed by atoms with Gasteiger partial charge in [-0.05, 0) is 25.3 Å². The van der Waals surface area contributed by atoms with E-state index >= 15 is 0 Å². The van der Waals surface area contributed by atoms with Crippen molar-refractivity contribution in [3.05, 3.63) is 47.5 Å². The van der Waals surface area contributed by atoms with Crippen LogP contribution in [0.25, 0.3) is 0 Å². The Hall–Kier alpha value is -2.41. The number of nitrogens with zero attached hydrogens (tertiary/aromatic N) is 4. The van der Waals surface area contributed by atoms with Crippen LogP contribution in [-0.2, 0) is 24.9 Å². The smallest absolute Gasteiger partial charge is 0.192 e. The van der Waals surface area contributed by atoms with Gasteiger partial charge < -0.3 is 19.9 Å². The Kier molecular flexibility index (Phi) is 7.84. The Morgan fingerprint density at radius 1 is 1.18 bits per heavy atom. The minimum Gasteiger partial charge on any atom is -0.375 e. The molecule has 28 heavy (non-hydrogen) atoms. The highest BCUT2D eigenvalue weighted by atomic mass is 16.5. The molecule has 0 atom stereocenters. The molecule has 1 heterocycles. The number of hydrogen-bond donors (Lipinski definition) is 2. The molecule has 7 nitrogen and oxygen atoms in total. The van der Waals surface area contributed by atoms with Gasteiger partial charge >= 0.3 is 0 Å². The van der Waals surface area contributed by atoms with E-state index in [9.17, 15) is 0 Å². The molecule has 0 amide bonds. The SMILES string of the molecule is Cc1nnc(CN=C(NCCOCc2ccccc2)NC2CCCCC2)n1C. The predicted octanol–water partition coefficient (Wildman–Crippen LogP) is 2.71. The van der Waals surface area contributed by atoms with E-state index in [-0.39, 0.29) is 0 Å². The summed E-state index contributed by atoms with van der Waals surface area (Å²) in [6.07, 6.45) is 6.31. The monoisotopic (exact) mass is 384 g/mol. The third-order valence-corrected chi connectivity index (χ3v) is 5.16. The normalized spacial score (nSPS) is 15.6. The van der Waals surface area contributed by atoms with E-state index in [1.165, 1.54) is 37.7 Å². The third-order valence-electron chi connectivity index (χ3n) is 5.16. The van der Waals surface area contributed by atoms with Crippen LogP contribution in [0.3, 0.4) is 0 Å². The molecule has 1 aliphatic carbocycles. The van der Waals surface area contributed by atoms with Crippen LogP contribution in [0.15, 0.2) is 35.3 Å². The standard InChI is InChI=1S/C21H32N6O/c1-17-25-26-20(27(17)2)15-23-21(24-19-11-7-4-8-12-19)22-13-14-28-16-18-9-5-3-6-10-18/h3,5-6,9-10,19H,4,7-8,11-16H2,1-2H3,(H2,22,23,24). The van der Waals surface area contributed by atoms with Gasteiger partial charge in [0.05, 0.1) is 13.2 Å². The highest BCUT2D eigenvalue weighted by Crippen LogP contribution is 2.17. The quantitative estimate of drug-likeness (QED) is 0.416. The van der Waals surface area contributed by atoms with Crippen molar-refractivity contribution in [3.63, 3.8) is 0 Å². The Morgan fingerprint density at radius 3 is 2.68 bits per heavy atom. The van der Waals surface area contributed by atoms with Gasteiger partial charge in [-0.3, -0.25) is 0 Å². The molecular formula is C21H32N6O. The Bertz CT molecular complexity index is 737. The minimum absolute atomic E-state index is 0.492. The zero-order valence-electron chi connectivity index (χ0n) is 17.0. The number of aryl methyl sites for hydroxylation is 1. The van der Waals surface area contributed by atoms with Gasteiger partial charge in [-0.1, -0.05) is 49.6 Å². The predicted molar refractivity (Wildman–Crippen MR) is 111 cm³/mol. The van der Waals surface area contributed by atoms with Crippen molar-refractivity contribution in [2.45, 2.75) is 58.2 Å². The highest BCUT2D eigenvalue weighted by molar-refractivity contribution is 5.80. The molecule has 7 heteroatoms. The summed E-state index contributed by atoms with van der Waals surface area (Å²) in [6.45, 7) is 4.42. The fraction of sp³-hybridized carbons (Fsp3) is 0.571. The van der Waals surface area contributed by atoms with E-state index in [4.69, 9.17) is 9.73 Å². The molecular weight excluding hydrogens is 352 g/mol. The largest absolute Gasteiger partial charge is 0.375 e. The maximum atomic E-state index is 5.77. The van der Waals surface area contributed by atoms with Gasteiger partial charge in [-0.25, -0.2) is 4.99 Å². The molecule has 1 aromatic carbocycles. The zero-order valence-corrected chi connectivity index (χ0v) is 17.0. The number of rotatable bonds is 8. The molecule has 3 rings (SSSR count). The number of benzene rings is 1. The summed E-state index contributed by atoms with van der Waals surface area (Å²) in [5.41, 5.74) is 1.19. The number of hydrogen-bond acceptors (Lipinski definition) is 4. The van der Waals surface area contributed by atoms with Crippen molar-refractivity contribution in [2.24, 2.45) is 12.0 Å². The minimum atomic E-state index is 0.492. The summed E-state index contributed by atoms with van der Waals surface area (Å²) >= 11 is 0. The molecule has 0 spiro atoms. The first-order chi connectivity index (χ1) is 13.7. The number of ether oxygens (including phenoxy) is 1. The maximum absolute atomic E-state index is 5.77. The van der Waals surface area contributed by atoms with E-state index < -0.39 is 0 Å². The average molecular weight is 385 g/mol. The number of aliphatic imine (C=N–C) groups is 1. The van der Waals surface area contributed by atoms with Crippen molar-refractivity contribution in [3.8, 4) is 0 Å². The zero-order chi connectivity index (χ0) is 19.6. The van der Waals surface area contributed by atoms with Gasteiger partial charge in [-0.2, -0.15) is 0 Å². The fourth-order valence-electron chi connectivity index (χ4n) is 3.34. The lowest BCUT2D eigenvalue weighted by Gasteiger charge is -2.25. The van der Waals surface area contributed by atoms with Crippen LogP contribution in [0.5, 0.6) is 0 Å². The average Bonchev–Trinajstić information content (AvgIpc) is 3.05. The summed E-state index contributed by atoms with van der Waals surface area (Å²) in [5.74, 6) is 2.59. The van der Waals surface area contributed by atoms with Crippen molar-refractivity contribution < 1.29 is 4.74 Å². The van der Waals surface area contributed by atoms with Crippen LogP contribution in [0.2, 0.25) is 0 Å². The number of nitrogens with one attached hydrogen (secondary N) is 2. The second-order valence-corrected chi connectivity index (χ2v) is 7.33. The lowest BCUT2D eigenvalue weighted by Crippen LogP contribution is -2.45. The second-order valence-electron chi connectivity index (χ2n) is 7.33. The van der Waals surface area contributed by atoms with Gasteiger partial charge in [0.25, 0.3) is 0 Å². The summed E-state index contributed by atoms with van der Waals surface area (Å²) in [6, 6.07) is 10.7. The molecule has 1 aliphatic rings. The Balaban J connectivity index is 1.49.